The van der Waals surface area contributed by atoms with Crippen LogP contribution in [0.3, 0.4) is 0 Å². The zero-order chi connectivity index (χ0) is 12.7. The average Bonchev–Trinajstić information content (AvgIpc) is 2.95. The van der Waals surface area contributed by atoms with Gasteiger partial charge in [0.2, 0.25) is 0 Å². The summed E-state index contributed by atoms with van der Waals surface area (Å²) >= 11 is 7.48. The highest BCUT2D eigenvalue weighted by Gasteiger charge is 2.17. The molecule has 0 aliphatic carbocycles. The molecule has 1 aromatic carbocycles. The van der Waals surface area contributed by atoms with Gasteiger partial charge < -0.3 is 4.98 Å². The van der Waals surface area contributed by atoms with Crippen LogP contribution in [0.5, 0.6) is 0 Å². The van der Waals surface area contributed by atoms with Crippen LogP contribution in [0.4, 0.5) is 0 Å². The van der Waals surface area contributed by atoms with Crippen molar-refractivity contribution in [3.63, 3.8) is 0 Å². The molecule has 0 spiro atoms. The van der Waals surface area contributed by atoms with E-state index >= 15 is 0 Å². The fraction of sp³-hybridized carbons (Fsp3) is 0.250. The molecule has 1 N–H and O–H groups in total. The van der Waals surface area contributed by atoms with Crippen LogP contribution in [0.15, 0.2) is 18.2 Å². The molecule has 0 atom stereocenters. The number of hydrogen-bond donors (Lipinski definition) is 1. The zero-order valence-corrected chi connectivity index (χ0v) is 11.5. The monoisotopic (exact) mass is 278 g/mol. The molecule has 2 heterocycles. The Bertz CT molecular complexity index is 701. The molecule has 0 amide bonds. The van der Waals surface area contributed by atoms with Gasteiger partial charge in [-0.3, -0.25) is 0 Å². The van der Waals surface area contributed by atoms with Crippen LogP contribution in [-0.2, 0) is 0 Å². The molecule has 0 aliphatic rings. The second-order valence-electron chi connectivity index (χ2n) is 4.36. The third-order valence-electron chi connectivity index (χ3n) is 2.74. The second kappa shape index (κ2) is 4.33. The second-order valence-corrected chi connectivity index (χ2v) is 5.52. The molecular weight excluding hydrogens is 268 g/mol. The average molecular weight is 279 g/mol. The van der Waals surface area contributed by atoms with Crippen LogP contribution in [0.2, 0.25) is 5.02 Å². The molecular formula is C12H11ClN4S. The van der Waals surface area contributed by atoms with Gasteiger partial charge in [0.15, 0.2) is 5.82 Å². The summed E-state index contributed by atoms with van der Waals surface area (Å²) in [7, 11) is 0. The first-order valence-corrected chi connectivity index (χ1v) is 6.79. The van der Waals surface area contributed by atoms with E-state index in [1.165, 1.54) is 11.5 Å². The van der Waals surface area contributed by atoms with Gasteiger partial charge in [-0.05, 0) is 29.6 Å². The Labute approximate surface area is 113 Å². The van der Waals surface area contributed by atoms with Gasteiger partial charge in [-0.15, -0.1) is 5.10 Å². The highest BCUT2D eigenvalue weighted by atomic mass is 35.5. The van der Waals surface area contributed by atoms with Gasteiger partial charge in [-0.2, -0.15) is 0 Å². The molecule has 0 radical (unpaired) electrons. The van der Waals surface area contributed by atoms with Crippen LogP contribution in [0.1, 0.15) is 25.5 Å². The number of fused-ring (bicyclic) bond motifs is 1. The number of aromatic amines is 1. The van der Waals surface area contributed by atoms with E-state index in [1.54, 1.807) is 0 Å². The predicted octanol–water partition coefficient (Wildman–Crippen LogP) is 3.86. The van der Waals surface area contributed by atoms with Gasteiger partial charge in [-0.1, -0.05) is 36.0 Å². The Kier molecular flexibility index (Phi) is 2.80. The van der Waals surface area contributed by atoms with E-state index in [0.717, 1.165) is 27.4 Å². The Morgan fingerprint density at radius 1 is 1.33 bits per heavy atom. The summed E-state index contributed by atoms with van der Waals surface area (Å²) in [5.74, 6) is 1.11. The highest BCUT2D eigenvalue weighted by molar-refractivity contribution is 7.09. The first-order chi connectivity index (χ1) is 8.66. The Balaban J connectivity index is 2.20. The number of hydrogen-bond acceptors (Lipinski definition) is 4. The quantitative estimate of drug-likeness (QED) is 0.774. The third kappa shape index (κ3) is 1.79. The fourth-order valence-electron chi connectivity index (χ4n) is 1.84. The number of benzene rings is 1. The Morgan fingerprint density at radius 3 is 2.89 bits per heavy atom. The molecule has 4 nitrogen and oxygen atoms in total. The number of para-hydroxylation sites is 1. The summed E-state index contributed by atoms with van der Waals surface area (Å²) in [6.45, 7) is 4.19. The van der Waals surface area contributed by atoms with Gasteiger partial charge in [0, 0.05) is 0 Å². The van der Waals surface area contributed by atoms with Gasteiger partial charge in [0.25, 0.3) is 0 Å². The summed E-state index contributed by atoms with van der Waals surface area (Å²) in [6.07, 6.45) is 0. The molecule has 0 saturated carbocycles. The Hall–Kier alpha value is -1.46. The molecule has 92 valence electrons. The van der Waals surface area contributed by atoms with E-state index in [2.05, 4.69) is 33.4 Å². The van der Waals surface area contributed by atoms with Crippen molar-refractivity contribution >= 4 is 34.2 Å². The maximum absolute atomic E-state index is 6.12. The number of halogens is 1. The number of nitrogens with one attached hydrogen (secondary N) is 1. The summed E-state index contributed by atoms with van der Waals surface area (Å²) in [5.41, 5.74) is 2.69. The maximum atomic E-state index is 6.12. The normalized spacial score (nSPS) is 11.6. The molecule has 0 saturated heterocycles. The van der Waals surface area contributed by atoms with Gasteiger partial charge in [0.1, 0.15) is 10.4 Å². The maximum Gasteiger partial charge on any atom is 0.152 e. The fourth-order valence-corrected chi connectivity index (χ4v) is 2.82. The molecule has 6 heteroatoms. The van der Waals surface area contributed by atoms with E-state index in [1.807, 2.05) is 18.2 Å². The van der Waals surface area contributed by atoms with Crippen LogP contribution < -0.4 is 0 Å². The van der Waals surface area contributed by atoms with Crippen molar-refractivity contribution in [1.29, 1.82) is 0 Å². The van der Waals surface area contributed by atoms with Gasteiger partial charge >= 0.3 is 0 Å². The van der Waals surface area contributed by atoms with Crippen molar-refractivity contribution in [2.24, 2.45) is 0 Å². The van der Waals surface area contributed by atoms with Crippen molar-refractivity contribution in [2.75, 3.05) is 0 Å². The molecule has 18 heavy (non-hydrogen) atoms. The predicted molar refractivity (Wildman–Crippen MR) is 74.1 cm³/mol. The number of nitrogens with zero attached hydrogens (tertiary/aromatic N) is 3. The first-order valence-electron chi connectivity index (χ1n) is 5.63. The molecule has 0 bridgehead atoms. The minimum atomic E-state index is 0.322. The number of imidazole rings is 1. The lowest BCUT2D eigenvalue weighted by molar-refractivity contribution is 0.813. The summed E-state index contributed by atoms with van der Waals surface area (Å²) in [4.78, 5) is 8.79. The number of aromatic nitrogens is 4. The zero-order valence-electron chi connectivity index (χ0n) is 9.94. The standard InChI is InChI=1S/C12H11ClN4S/c1-6(2)9-11(18-17-16-9)12-14-8-5-3-4-7(13)10(8)15-12/h3-6H,1-2H3,(H,14,15). The lowest BCUT2D eigenvalue weighted by Crippen LogP contribution is -1.91. The van der Waals surface area contributed by atoms with Crippen molar-refractivity contribution in [2.45, 2.75) is 19.8 Å². The van der Waals surface area contributed by atoms with Crippen LogP contribution >= 0.6 is 23.1 Å². The van der Waals surface area contributed by atoms with Crippen molar-refractivity contribution in [3.8, 4) is 10.7 Å². The van der Waals surface area contributed by atoms with Crippen molar-refractivity contribution < 1.29 is 0 Å². The molecule has 0 aliphatic heterocycles. The van der Waals surface area contributed by atoms with Crippen LogP contribution in [0, 0.1) is 0 Å². The van der Waals surface area contributed by atoms with Crippen LogP contribution in [-0.4, -0.2) is 19.6 Å². The number of H-pyrrole nitrogens is 1. The Morgan fingerprint density at radius 2 is 2.17 bits per heavy atom. The largest absolute Gasteiger partial charge is 0.337 e. The lowest BCUT2D eigenvalue weighted by Gasteiger charge is -2.00. The molecule has 2 aromatic heterocycles. The molecule has 0 unspecified atom stereocenters. The smallest absolute Gasteiger partial charge is 0.152 e. The van der Waals surface area contributed by atoms with E-state index in [9.17, 15) is 0 Å². The lowest BCUT2D eigenvalue weighted by atomic mass is 10.1. The van der Waals surface area contributed by atoms with Crippen molar-refractivity contribution in [1.82, 2.24) is 19.6 Å². The van der Waals surface area contributed by atoms with Gasteiger partial charge in [-0.25, -0.2) is 4.98 Å². The summed E-state index contributed by atoms with van der Waals surface area (Å²) in [6, 6.07) is 5.70. The summed E-state index contributed by atoms with van der Waals surface area (Å²) < 4.78 is 4.01. The van der Waals surface area contributed by atoms with Crippen molar-refractivity contribution in [3.05, 3.63) is 28.9 Å². The minimum absolute atomic E-state index is 0.322. The topological polar surface area (TPSA) is 54.5 Å². The first kappa shape index (κ1) is 11.6. The molecule has 0 fully saturated rings. The third-order valence-corrected chi connectivity index (χ3v) is 3.79. The molecule has 3 aromatic rings. The van der Waals surface area contributed by atoms with E-state index in [0.29, 0.717) is 10.9 Å². The van der Waals surface area contributed by atoms with Gasteiger partial charge in [0.05, 0.1) is 16.2 Å². The highest BCUT2D eigenvalue weighted by Crippen LogP contribution is 2.31. The SMILES string of the molecule is CC(C)c1nnsc1-c1nc2c(Cl)cccc2[nH]1. The van der Waals surface area contributed by atoms with E-state index in [-0.39, 0.29) is 0 Å². The van der Waals surface area contributed by atoms with E-state index < -0.39 is 0 Å². The minimum Gasteiger partial charge on any atom is -0.337 e. The van der Waals surface area contributed by atoms with Crippen LogP contribution in [0.25, 0.3) is 21.7 Å². The number of rotatable bonds is 2. The summed E-state index contributed by atoms with van der Waals surface area (Å²) in [5, 5.41) is 4.81. The molecule has 3 rings (SSSR count). The van der Waals surface area contributed by atoms with E-state index in [4.69, 9.17) is 11.6 Å².